The zero-order chi connectivity index (χ0) is 17.0. The zero-order valence-corrected chi connectivity index (χ0v) is 14.7. The lowest BCUT2D eigenvalue weighted by molar-refractivity contribution is 0.00347. The van der Waals surface area contributed by atoms with E-state index < -0.39 is 5.60 Å². The summed E-state index contributed by atoms with van der Waals surface area (Å²) in [5.74, 6) is -0.0669. The minimum atomic E-state index is -0.503. The predicted molar refractivity (Wildman–Crippen MR) is 91.6 cm³/mol. The van der Waals surface area contributed by atoms with E-state index in [9.17, 15) is 9.90 Å². The molecular formula is C19H29NO3. The molecule has 0 unspecified atom stereocenters. The molecule has 0 aliphatic carbocycles. The molecule has 1 amide bonds. The van der Waals surface area contributed by atoms with Crippen molar-refractivity contribution in [3.63, 3.8) is 0 Å². The maximum atomic E-state index is 12.6. The third-order valence-corrected chi connectivity index (χ3v) is 4.31. The van der Waals surface area contributed by atoms with Crippen molar-refractivity contribution in [1.82, 2.24) is 4.90 Å². The van der Waals surface area contributed by atoms with Gasteiger partial charge in [-0.1, -0.05) is 29.8 Å². The molecule has 23 heavy (non-hydrogen) atoms. The molecule has 1 aliphatic heterocycles. The number of likely N-dealkylation sites (tertiary alicyclic amines) is 1. The Labute approximate surface area is 139 Å². The normalized spacial score (nSPS) is 20.2. The van der Waals surface area contributed by atoms with Crippen LogP contribution in [0.25, 0.3) is 0 Å². The van der Waals surface area contributed by atoms with Gasteiger partial charge in [0.15, 0.2) is 0 Å². The van der Waals surface area contributed by atoms with Crippen LogP contribution < -0.4 is 0 Å². The number of hydrogen-bond acceptors (Lipinski definition) is 3. The summed E-state index contributed by atoms with van der Waals surface area (Å²) in [6.07, 6.45) is 2.69. The quantitative estimate of drug-likeness (QED) is 0.920. The van der Waals surface area contributed by atoms with E-state index in [1.54, 1.807) is 0 Å². The lowest BCUT2D eigenvalue weighted by Crippen LogP contribution is -2.49. The molecule has 1 aromatic rings. The summed E-state index contributed by atoms with van der Waals surface area (Å²) in [5, 5.41) is 9.98. The van der Waals surface area contributed by atoms with E-state index in [4.69, 9.17) is 4.74 Å². The van der Waals surface area contributed by atoms with Crippen LogP contribution in [0.3, 0.4) is 0 Å². The lowest BCUT2D eigenvalue weighted by Gasteiger charge is -2.40. The van der Waals surface area contributed by atoms with E-state index in [0.717, 1.165) is 24.8 Å². The van der Waals surface area contributed by atoms with Gasteiger partial charge in [0.05, 0.1) is 6.61 Å². The van der Waals surface area contributed by atoms with Gasteiger partial charge in [-0.25, -0.2) is 4.79 Å². The Balaban J connectivity index is 2.23. The third kappa shape index (κ3) is 4.71. The van der Waals surface area contributed by atoms with Crippen LogP contribution in [-0.4, -0.2) is 40.9 Å². The minimum absolute atomic E-state index is 0.00889. The summed E-state index contributed by atoms with van der Waals surface area (Å²) in [6.45, 7) is 8.43. The molecule has 0 aromatic heterocycles. The first-order valence-electron chi connectivity index (χ1n) is 8.49. The second-order valence-electron chi connectivity index (χ2n) is 7.44. The standard InChI is InChI=1S/C19H29NO3/c1-14-8-7-9-15(12-14)16(13-21)17-10-5-6-11-20(17)18(22)23-19(2,3)4/h7-9,12,16-17,21H,5-6,10-11,13H2,1-4H3/t16-,17-/m0/s1. The monoisotopic (exact) mass is 319 g/mol. The number of benzene rings is 1. The second kappa shape index (κ2) is 7.35. The van der Waals surface area contributed by atoms with Crippen LogP contribution in [0.1, 0.15) is 57.1 Å². The highest BCUT2D eigenvalue weighted by Gasteiger charge is 2.35. The Hall–Kier alpha value is -1.55. The number of carbonyl (C=O) groups excluding carboxylic acids is 1. The Morgan fingerprint density at radius 3 is 2.74 bits per heavy atom. The van der Waals surface area contributed by atoms with Gasteiger partial charge in [0.2, 0.25) is 0 Å². The van der Waals surface area contributed by atoms with Crippen molar-refractivity contribution in [3.05, 3.63) is 35.4 Å². The van der Waals surface area contributed by atoms with E-state index in [2.05, 4.69) is 6.07 Å². The van der Waals surface area contributed by atoms with Gasteiger partial charge in [-0.05, 0) is 52.5 Å². The van der Waals surface area contributed by atoms with Gasteiger partial charge in [-0.3, -0.25) is 0 Å². The first kappa shape index (κ1) is 17.8. The summed E-state index contributed by atoms with van der Waals surface area (Å²) < 4.78 is 5.57. The SMILES string of the molecule is Cc1cccc([C@H](CO)[C@@H]2CCCCN2C(=O)OC(C)(C)C)c1. The van der Waals surface area contributed by atoms with Crippen LogP contribution in [0.2, 0.25) is 0 Å². The lowest BCUT2D eigenvalue weighted by atomic mass is 9.85. The van der Waals surface area contributed by atoms with Crippen molar-refractivity contribution in [3.8, 4) is 0 Å². The van der Waals surface area contributed by atoms with Crippen molar-refractivity contribution in [1.29, 1.82) is 0 Å². The Bertz CT molecular complexity index is 536. The molecule has 1 N–H and O–H groups in total. The Kier molecular flexibility index (Phi) is 5.69. The van der Waals surface area contributed by atoms with Gasteiger partial charge in [0, 0.05) is 18.5 Å². The summed E-state index contributed by atoms with van der Waals surface area (Å²) in [7, 11) is 0. The van der Waals surface area contributed by atoms with Gasteiger partial charge in [-0.2, -0.15) is 0 Å². The van der Waals surface area contributed by atoms with Crippen molar-refractivity contribution >= 4 is 6.09 Å². The Morgan fingerprint density at radius 2 is 2.13 bits per heavy atom. The number of nitrogens with zero attached hydrogens (tertiary/aromatic N) is 1. The largest absolute Gasteiger partial charge is 0.444 e. The van der Waals surface area contributed by atoms with Gasteiger partial charge in [0.1, 0.15) is 5.60 Å². The van der Waals surface area contributed by atoms with Crippen molar-refractivity contribution in [2.45, 2.75) is 64.5 Å². The molecular weight excluding hydrogens is 290 g/mol. The fraction of sp³-hybridized carbons (Fsp3) is 0.632. The maximum Gasteiger partial charge on any atom is 0.410 e. The Morgan fingerprint density at radius 1 is 1.39 bits per heavy atom. The molecule has 0 bridgehead atoms. The van der Waals surface area contributed by atoms with E-state index in [-0.39, 0.29) is 24.7 Å². The maximum absolute atomic E-state index is 12.6. The number of aryl methyl sites for hydroxylation is 1. The van der Waals surface area contributed by atoms with E-state index in [1.165, 1.54) is 5.56 Å². The number of aliphatic hydroxyl groups is 1. The van der Waals surface area contributed by atoms with Crippen LogP contribution in [0.5, 0.6) is 0 Å². The smallest absolute Gasteiger partial charge is 0.410 e. The number of piperidine rings is 1. The molecule has 4 heteroatoms. The molecule has 0 saturated carbocycles. The number of ether oxygens (including phenoxy) is 1. The summed E-state index contributed by atoms with van der Waals surface area (Å²) >= 11 is 0. The fourth-order valence-corrected chi connectivity index (χ4v) is 3.27. The van der Waals surface area contributed by atoms with E-state index in [0.29, 0.717) is 6.54 Å². The van der Waals surface area contributed by atoms with Gasteiger partial charge < -0.3 is 14.7 Å². The first-order chi connectivity index (χ1) is 10.8. The average Bonchev–Trinajstić information content (AvgIpc) is 2.47. The average molecular weight is 319 g/mol. The molecule has 1 heterocycles. The highest BCUT2D eigenvalue weighted by Crippen LogP contribution is 2.31. The van der Waals surface area contributed by atoms with Crippen molar-refractivity contribution in [2.24, 2.45) is 0 Å². The molecule has 0 spiro atoms. The highest BCUT2D eigenvalue weighted by atomic mass is 16.6. The van der Waals surface area contributed by atoms with Gasteiger partial charge in [0.25, 0.3) is 0 Å². The molecule has 2 atom stereocenters. The van der Waals surface area contributed by atoms with Crippen LogP contribution in [0.15, 0.2) is 24.3 Å². The molecule has 128 valence electrons. The molecule has 1 aromatic carbocycles. The second-order valence-corrected chi connectivity index (χ2v) is 7.44. The molecule has 4 nitrogen and oxygen atoms in total. The number of carbonyl (C=O) groups is 1. The predicted octanol–water partition coefficient (Wildman–Crippen LogP) is 3.86. The molecule has 1 saturated heterocycles. The fourth-order valence-electron chi connectivity index (χ4n) is 3.27. The minimum Gasteiger partial charge on any atom is -0.444 e. The number of amides is 1. The molecule has 0 radical (unpaired) electrons. The molecule has 1 fully saturated rings. The van der Waals surface area contributed by atoms with Crippen molar-refractivity contribution in [2.75, 3.05) is 13.2 Å². The van der Waals surface area contributed by atoms with Gasteiger partial charge >= 0.3 is 6.09 Å². The highest BCUT2D eigenvalue weighted by molar-refractivity contribution is 5.69. The third-order valence-electron chi connectivity index (χ3n) is 4.31. The summed E-state index contributed by atoms with van der Waals surface area (Å²) in [4.78, 5) is 14.4. The summed E-state index contributed by atoms with van der Waals surface area (Å²) in [6, 6.07) is 8.18. The number of aliphatic hydroxyl groups excluding tert-OH is 1. The molecule has 1 aliphatic rings. The van der Waals surface area contributed by atoms with Crippen molar-refractivity contribution < 1.29 is 14.6 Å². The zero-order valence-electron chi connectivity index (χ0n) is 14.7. The topological polar surface area (TPSA) is 49.8 Å². The van der Waals surface area contributed by atoms with Crippen LogP contribution in [-0.2, 0) is 4.74 Å². The van der Waals surface area contributed by atoms with Gasteiger partial charge in [-0.15, -0.1) is 0 Å². The van der Waals surface area contributed by atoms with Crippen LogP contribution in [0.4, 0.5) is 4.79 Å². The number of hydrogen-bond donors (Lipinski definition) is 1. The summed E-state index contributed by atoms with van der Waals surface area (Å²) in [5.41, 5.74) is 1.76. The number of rotatable bonds is 3. The van der Waals surface area contributed by atoms with E-state index >= 15 is 0 Å². The van der Waals surface area contributed by atoms with E-state index in [1.807, 2.05) is 50.8 Å². The molecule has 2 rings (SSSR count). The first-order valence-corrected chi connectivity index (χ1v) is 8.49. The van der Waals surface area contributed by atoms with Crippen LogP contribution >= 0.6 is 0 Å². The van der Waals surface area contributed by atoms with Crippen LogP contribution in [0, 0.1) is 6.92 Å².